The Morgan fingerprint density at radius 2 is 1.65 bits per heavy atom. The first-order valence-electron chi connectivity index (χ1n) is 18.7. The van der Waals surface area contributed by atoms with E-state index in [0.29, 0.717) is 16.5 Å². The van der Waals surface area contributed by atoms with Gasteiger partial charge >= 0.3 is 18.1 Å². The zero-order valence-corrected chi connectivity index (χ0v) is 33.2. The molecule has 0 unspecified atom stereocenters. The smallest absolute Gasteiger partial charge is 0.410 e. The Balaban J connectivity index is 1.40. The number of carbonyl (C=O) groups is 6. The van der Waals surface area contributed by atoms with E-state index in [-0.39, 0.29) is 24.9 Å². The molecule has 2 aliphatic rings. The van der Waals surface area contributed by atoms with Crippen LogP contribution in [0.15, 0.2) is 54.7 Å². The van der Waals surface area contributed by atoms with Crippen LogP contribution in [0.25, 0.3) is 10.9 Å². The van der Waals surface area contributed by atoms with E-state index in [1.165, 1.54) is 34.1 Å². The van der Waals surface area contributed by atoms with Gasteiger partial charge in [0.15, 0.2) is 0 Å². The number of aryl methyl sites for hydroxylation is 1. The number of likely N-dealkylation sites (N-methyl/N-ethyl adjacent to an activating group) is 1. The molecule has 0 saturated carbocycles. The van der Waals surface area contributed by atoms with Gasteiger partial charge in [-0.3, -0.25) is 23.9 Å². The molecule has 14 nitrogen and oxygen atoms in total. The van der Waals surface area contributed by atoms with E-state index in [2.05, 4.69) is 22.0 Å². The quantitative estimate of drug-likeness (QED) is 0.272. The minimum Gasteiger partial charge on any atom is -0.465 e. The van der Waals surface area contributed by atoms with Gasteiger partial charge in [-0.15, -0.1) is 0 Å². The lowest BCUT2D eigenvalue weighted by atomic mass is 9.85. The zero-order chi connectivity index (χ0) is 40.4. The maximum absolute atomic E-state index is 14.7. The van der Waals surface area contributed by atoms with Crippen LogP contribution in [0.4, 0.5) is 9.59 Å². The Bertz CT molecular complexity index is 1960. The first-order valence-corrected chi connectivity index (χ1v) is 18.7. The van der Waals surface area contributed by atoms with Crippen molar-refractivity contribution in [3.05, 3.63) is 71.4 Å². The highest BCUT2D eigenvalue weighted by molar-refractivity contribution is 5.98. The average Bonchev–Trinajstić information content (AvgIpc) is 3.76. The molecule has 14 heteroatoms. The summed E-state index contributed by atoms with van der Waals surface area (Å²) in [6.45, 7) is 12.2. The molecular weight excluding hydrogens is 704 g/mol. The number of methoxy groups -OCH3 is 1. The lowest BCUT2D eigenvalue weighted by molar-refractivity contribution is -0.144. The Morgan fingerprint density at radius 3 is 2.33 bits per heavy atom. The molecule has 3 aromatic rings. The third-order valence-electron chi connectivity index (χ3n) is 10.3. The monoisotopic (exact) mass is 758 g/mol. The molecule has 1 saturated heterocycles. The number of amides is 5. The summed E-state index contributed by atoms with van der Waals surface area (Å²) in [5, 5.41) is 9.72. The van der Waals surface area contributed by atoms with Crippen LogP contribution in [-0.2, 0) is 30.3 Å². The molecule has 0 spiro atoms. The number of benzene rings is 2. The lowest BCUT2D eigenvalue weighted by Crippen LogP contribution is -2.60. The van der Waals surface area contributed by atoms with Gasteiger partial charge in [0.1, 0.15) is 23.7 Å². The number of rotatable bonds is 8. The molecular formula is C41H54N6O8. The van der Waals surface area contributed by atoms with Gasteiger partial charge in [-0.2, -0.15) is 0 Å². The Kier molecular flexibility index (Phi) is 12.0. The van der Waals surface area contributed by atoms with E-state index in [9.17, 15) is 28.8 Å². The van der Waals surface area contributed by atoms with Crippen molar-refractivity contribution in [3.63, 3.8) is 0 Å². The zero-order valence-electron chi connectivity index (χ0n) is 33.2. The highest BCUT2D eigenvalue weighted by Crippen LogP contribution is 2.32. The number of carbonyl (C=O) groups excluding carboxylic acids is 6. The molecule has 1 aliphatic heterocycles. The fraction of sp³-hybridized carbons (Fsp3) is 0.512. The number of hydrogen-bond donors (Lipinski definition) is 3. The van der Waals surface area contributed by atoms with E-state index in [0.717, 1.165) is 24.8 Å². The number of likely N-dealkylation sites (tertiary alicyclic amines) is 1. The molecule has 1 aliphatic carbocycles. The van der Waals surface area contributed by atoms with Crippen molar-refractivity contribution in [2.45, 2.75) is 110 Å². The number of ether oxygens (including phenoxy) is 2. The maximum Gasteiger partial charge on any atom is 0.410 e. The third kappa shape index (κ3) is 9.29. The van der Waals surface area contributed by atoms with Gasteiger partial charge in [-0.05, 0) is 94.2 Å². The number of nitrogens with zero attached hydrogens (tertiary/aromatic N) is 3. The Labute approximate surface area is 322 Å². The van der Waals surface area contributed by atoms with Gasteiger partial charge in [0.05, 0.1) is 30.3 Å². The van der Waals surface area contributed by atoms with Gasteiger partial charge in [-0.25, -0.2) is 14.4 Å². The highest BCUT2D eigenvalue weighted by Gasteiger charge is 2.46. The second kappa shape index (κ2) is 16.1. The number of fused-ring (bicyclic) bond motifs is 2. The molecule has 296 valence electrons. The Hall–Kier alpha value is -5.40. The van der Waals surface area contributed by atoms with Crippen molar-refractivity contribution >= 4 is 46.7 Å². The first kappa shape index (κ1) is 40.8. The van der Waals surface area contributed by atoms with E-state index in [1.807, 2.05) is 39.0 Å². The molecule has 1 aromatic heterocycles. The van der Waals surface area contributed by atoms with E-state index in [1.54, 1.807) is 58.2 Å². The average molecular weight is 759 g/mol. The predicted octanol–water partition coefficient (Wildman–Crippen LogP) is 4.94. The van der Waals surface area contributed by atoms with Gasteiger partial charge < -0.3 is 30.3 Å². The molecule has 0 bridgehead atoms. The molecule has 5 rings (SSSR count). The van der Waals surface area contributed by atoms with E-state index < -0.39 is 65.1 Å². The number of hydrogen-bond acceptors (Lipinski definition) is 8. The van der Waals surface area contributed by atoms with E-state index in [4.69, 9.17) is 9.47 Å². The van der Waals surface area contributed by atoms with Crippen molar-refractivity contribution in [1.82, 2.24) is 30.3 Å². The fourth-order valence-electron chi connectivity index (χ4n) is 7.16. The summed E-state index contributed by atoms with van der Waals surface area (Å²) in [7, 11) is 2.75. The molecule has 0 radical (unpaired) electrons. The SMILES string of the molecule is COC(=O)c1ccc2c(ccn2C(=O)N[C@H]2C[C@@H](C(=O)N[C@@H]3CCCc4ccccc43)N(C(=O)[C@@H](NC(=O)[C@H](C)N(C)C(=O)OC(C)(C)C)C(C)(C)C)C2)c1. The summed E-state index contributed by atoms with van der Waals surface area (Å²) in [6, 6.07) is 10.2. The first-order chi connectivity index (χ1) is 25.8. The molecule has 55 heavy (non-hydrogen) atoms. The molecule has 5 amide bonds. The van der Waals surface area contributed by atoms with Gasteiger partial charge in [0.2, 0.25) is 17.7 Å². The van der Waals surface area contributed by atoms with Crippen LogP contribution < -0.4 is 16.0 Å². The van der Waals surface area contributed by atoms with Crippen molar-refractivity contribution in [2.75, 3.05) is 20.7 Å². The number of aromatic nitrogens is 1. The van der Waals surface area contributed by atoms with Crippen molar-refractivity contribution in [2.24, 2.45) is 5.41 Å². The minimum absolute atomic E-state index is 0.00538. The second-order valence-corrected chi connectivity index (χ2v) is 16.6. The van der Waals surface area contributed by atoms with Crippen LogP contribution in [0.3, 0.4) is 0 Å². The van der Waals surface area contributed by atoms with Crippen LogP contribution in [0.2, 0.25) is 0 Å². The summed E-state index contributed by atoms with van der Waals surface area (Å²) in [6.07, 6.45) is 3.58. The summed E-state index contributed by atoms with van der Waals surface area (Å²) >= 11 is 0. The summed E-state index contributed by atoms with van der Waals surface area (Å²) in [5.74, 6) is -1.91. The molecule has 3 N–H and O–H groups in total. The van der Waals surface area contributed by atoms with Gasteiger partial charge in [-0.1, -0.05) is 45.0 Å². The lowest BCUT2D eigenvalue weighted by Gasteiger charge is -2.37. The van der Waals surface area contributed by atoms with Crippen LogP contribution in [0, 0.1) is 5.41 Å². The van der Waals surface area contributed by atoms with Crippen LogP contribution >= 0.6 is 0 Å². The van der Waals surface area contributed by atoms with Crippen molar-refractivity contribution in [3.8, 4) is 0 Å². The highest BCUT2D eigenvalue weighted by atomic mass is 16.6. The largest absolute Gasteiger partial charge is 0.465 e. The van der Waals surface area contributed by atoms with Crippen LogP contribution in [0.5, 0.6) is 0 Å². The molecule has 2 heterocycles. The normalized spacial score (nSPS) is 19.4. The molecule has 1 fully saturated rings. The number of esters is 1. The van der Waals surface area contributed by atoms with Gasteiger partial charge in [0.25, 0.3) is 0 Å². The van der Waals surface area contributed by atoms with Crippen molar-refractivity contribution < 1.29 is 38.2 Å². The topological polar surface area (TPSA) is 168 Å². The Morgan fingerprint density at radius 1 is 0.945 bits per heavy atom. The third-order valence-corrected chi connectivity index (χ3v) is 10.3. The minimum atomic E-state index is -1.09. The second-order valence-electron chi connectivity index (χ2n) is 16.6. The van der Waals surface area contributed by atoms with Crippen LogP contribution in [0.1, 0.15) is 95.3 Å². The standard InChI is InChI=1S/C41H54N6O8/c1-24(45(8)39(53)55-41(5,6)7)34(48)44-33(40(2,3)4)36(50)47-23-28(22-32(47)35(49)43-30-16-12-14-25-13-10-11-15-29(25)30)42-38(52)46-20-19-26-21-27(37(51)54-9)17-18-31(26)46/h10-11,13,15,17-21,24,28,30,32-33H,12,14,16,22-23H2,1-9H3,(H,42,52)(H,43,49)(H,44,48)/t24-,28-,30+,32-,33+/m0/s1. The number of nitrogens with one attached hydrogen (secondary N) is 3. The molecule has 2 aromatic carbocycles. The fourth-order valence-corrected chi connectivity index (χ4v) is 7.16. The molecule has 5 atom stereocenters. The summed E-state index contributed by atoms with van der Waals surface area (Å²) in [4.78, 5) is 83.8. The van der Waals surface area contributed by atoms with Crippen molar-refractivity contribution in [1.29, 1.82) is 0 Å². The van der Waals surface area contributed by atoms with Gasteiger partial charge in [0, 0.05) is 25.2 Å². The van der Waals surface area contributed by atoms with E-state index >= 15 is 0 Å². The maximum atomic E-state index is 14.7. The summed E-state index contributed by atoms with van der Waals surface area (Å²) < 4.78 is 11.7. The summed E-state index contributed by atoms with van der Waals surface area (Å²) in [5.41, 5.74) is 1.53. The van der Waals surface area contributed by atoms with Crippen LogP contribution in [-0.4, -0.2) is 101 Å². The predicted molar refractivity (Wildman–Crippen MR) is 206 cm³/mol.